The van der Waals surface area contributed by atoms with E-state index in [1.165, 1.54) is 11.3 Å². The lowest BCUT2D eigenvalue weighted by molar-refractivity contribution is -0.139. The van der Waals surface area contributed by atoms with E-state index in [0.29, 0.717) is 5.13 Å². The van der Waals surface area contributed by atoms with Crippen LogP contribution in [0.1, 0.15) is 32.5 Å². The van der Waals surface area contributed by atoms with Crippen LogP contribution in [0.15, 0.2) is 5.38 Å². The van der Waals surface area contributed by atoms with Gasteiger partial charge in [0.2, 0.25) is 0 Å². The average Bonchev–Trinajstić information content (AvgIpc) is 2.71. The number of alkyl carbamates (subject to hydrolysis) is 1. The Morgan fingerprint density at radius 1 is 1.47 bits per heavy atom. The van der Waals surface area contributed by atoms with Crippen molar-refractivity contribution in [3.63, 3.8) is 0 Å². The number of anilines is 1. The molecule has 0 aliphatic heterocycles. The Morgan fingerprint density at radius 3 is 2.53 bits per heavy atom. The number of ether oxygens (including phenoxy) is 1. The molecular weight excluding hydrogens is 270 g/mol. The number of nitrogens with one attached hydrogen (secondary N) is 2. The van der Waals surface area contributed by atoms with E-state index in [9.17, 15) is 9.59 Å². The van der Waals surface area contributed by atoms with Crippen molar-refractivity contribution in [2.45, 2.75) is 32.4 Å². The molecule has 0 bridgehead atoms. The van der Waals surface area contributed by atoms with E-state index in [1.54, 1.807) is 33.2 Å². The number of hydrogen-bond donors (Lipinski definition) is 3. The second-order valence-electron chi connectivity index (χ2n) is 4.75. The molecule has 0 fully saturated rings. The molecule has 0 radical (unpaired) electrons. The number of carboxylic acid groups (broad SMARTS) is 1. The first-order valence-electron chi connectivity index (χ1n) is 5.58. The Balaban J connectivity index is 2.79. The number of carbonyl (C=O) groups is 2. The minimum Gasteiger partial charge on any atom is -0.479 e. The van der Waals surface area contributed by atoms with E-state index in [1.807, 2.05) is 0 Å². The molecule has 1 unspecified atom stereocenters. The van der Waals surface area contributed by atoms with E-state index in [2.05, 4.69) is 15.6 Å². The number of carboxylic acids is 1. The van der Waals surface area contributed by atoms with Crippen molar-refractivity contribution in [1.29, 1.82) is 0 Å². The minimum atomic E-state index is -1.23. The second kappa shape index (κ2) is 5.87. The average molecular weight is 287 g/mol. The van der Waals surface area contributed by atoms with Crippen LogP contribution in [0.25, 0.3) is 0 Å². The molecule has 0 saturated heterocycles. The highest BCUT2D eigenvalue weighted by Crippen LogP contribution is 2.21. The monoisotopic (exact) mass is 287 g/mol. The lowest BCUT2D eigenvalue weighted by atomic mass is 10.2. The number of hydrogen-bond acceptors (Lipinski definition) is 6. The highest BCUT2D eigenvalue weighted by Gasteiger charge is 2.27. The summed E-state index contributed by atoms with van der Waals surface area (Å²) in [5, 5.41) is 16.4. The van der Waals surface area contributed by atoms with Crippen molar-refractivity contribution in [3.05, 3.63) is 11.1 Å². The number of aromatic nitrogens is 1. The molecule has 1 atom stereocenters. The summed E-state index contributed by atoms with van der Waals surface area (Å²) >= 11 is 1.26. The van der Waals surface area contributed by atoms with Crippen LogP contribution in [0.2, 0.25) is 0 Å². The van der Waals surface area contributed by atoms with Crippen molar-refractivity contribution in [1.82, 2.24) is 10.3 Å². The first-order valence-corrected chi connectivity index (χ1v) is 6.46. The predicted octanol–water partition coefficient (Wildman–Crippen LogP) is 1.84. The summed E-state index contributed by atoms with van der Waals surface area (Å²) in [6.07, 6.45) is -0.793. The summed E-state index contributed by atoms with van der Waals surface area (Å²) < 4.78 is 5.02. The fourth-order valence-corrected chi connectivity index (χ4v) is 1.92. The van der Waals surface area contributed by atoms with Gasteiger partial charge < -0.3 is 20.5 Å². The summed E-state index contributed by atoms with van der Waals surface area (Å²) in [4.78, 5) is 26.8. The van der Waals surface area contributed by atoms with Gasteiger partial charge in [-0.25, -0.2) is 14.6 Å². The van der Waals surface area contributed by atoms with Gasteiger partial charge >= 0.3 is 12.1 Å². The summed E-state index contributed by atoms with van der Waals surface area (Å²) in [6, 6.07) is -1.23. The number of amides is 1. The molecule has 1 amide bonds. The van der Waals surface area contributed by atoms with E-state index in [0.717, 1.165) is 0 Å². The molecule has 0 aliphatic carbocycles. The zero-order chi connectivity index (χ0) is 14.6. The molecule has 1 aromatic rings. The fraction of sp³-hybridized carbons (Fsp3) is 0.545. The summed E-state index contributed by atoms with van der Waals surface area (Å²) in [6.45, 7) is 5.10. The Bertz CT molecular complexity index is 467. The molecule has 0 spiro atoms. The van der Waals surface area contributed by atoms with Crippen LogP contribution in [0, 0.1) is 0 Å². The van der Waals surface area contributed by atoms with Gasteiger partial charge in [0.25, 0.3) is 0 Å². The second-order valence-corrected chi connectivity index (χ2v) is 5.60. The highest BCUT2D eigenvalue weighted by atomic mass is 32.1. The molecule has 1 rings (SSSR count). The molecule has 19 heavy (non-hydrogen) atoms. The topological polar surface area (TPSA) is 101 Å². The zero-order valence-corrected chi connectivity index (χ0v) is 12.0. The summed E-state index contributed by atoms with van der Waals surface area (Å²) in [7, 11) is 1.68. The molecule has 106 valence electrons. The summed E-state index contributed by atoms with van der Waals surface area (Å²) in [5.41, 5.74) is -0.432. The predicted molar refractivity (Wildman–Crippen MR) is 71.4 cm³/mol. The van der Waals surface area contributed by atoms with Gasteiger partial charge in [0.1, 0.15) is 5.60 Å². The molecule has 0 aliphatic rings. The number of thiazole rings is 1. The number of aliphatic carboxylic acids is 1. The van der Waals surface area contributed by atoms with Crippen molar-refractivity contribution in [2.75, 3.05) is 12.4 Å². The third-order valence-electron chi connectivity index (χ3n) is 1.94. The van der Waals surface area contributed by atoms with Crippen molar-refractivity contribution >= 4 is 28.5 Å². The molecular formula is C11H17N3O4S. The standard InChI is InChI=1S/C11H17N3O4S/c1-11(2,3)18-10(17)14-7(8(15)16)6-5-19-9(12-4)13-6/h5,7H,1-4H3,(H,12,13)(H,14,17)(H,15,16). The van der Waals surface area contributed by atoms with Crippen LogP contribution >= 0.6 is 11.3 Å². The van der Waals surface area contributed by atoms with Gasteiger partial charge in [-0.1, -0.05) is 0 Å². The number of carbonyl (C=O) groups excluding carboxylic acids is 1. The van der Waals surface area contributed by atoms with Gasteiger partial charge in [0, 0.05) is 12.4 Å². The van der Waals surface area contributed by atoms with Crippen LogP contribution in [0.5, 0.6) is 0 Å². The lowest BCUT2D eigenvalue weighted by Gasteiger charge is -2.21. The van der Waals surface area contributed by atoms with Crippen LogP contribution in [-0.4, -0.2) is 34.8 Å². The molecule has 0 aromatic carbocycles. The number of nitrogens with zero attached hydrogens (tertiary/aromatic N) is 1. The smallest absolute Gasteiger partial charge is 0.408 e. The van der Waals surface area contributed by atoms with E-state index >= 15 is 0 Å². The fourth-order valence-electron chi connectivity index (χ4n) is 1.22. The van der Waals surface area contributed by atoms with Crippen molar-refractivity contribution in [3.8, 4) is 0 Å². The van der Waals surface area contributed by atoms with Gasteiger partial charge in [0.05, 0.1) is 5.69 Å². The normalized spacial score (nSPS) is 12.6. The number of rotatable bonds is 4. The third-order valence-corrected chi connectivity index (χ3v) is 2.82. The highest BCUT2D eigenvalue weighted by molar-refractivity contribution is 7.13. The summed E-state index contributed by atoms with van der Waals surface area (Å²) in [5.74, 6) is -1.20. The molecule has 3 N–H and O–H groups in total. The van der Waals surface area contributed by atoms with E-state index in [4.69, 9.17) is 9.84 Å². The van der Waals surface area contributed by atoms with Crippen LogP contribution < -0.4 is 10.6 Å². The lowest BCUT2D eigenvalue weighted by Crippen LogP contribution is -2.38. The van der Waals surface area contributed by atoms with Gasteiger partial charge in [-0.05, 0) is 20.8 Å². The Hall–Kier alpha value is -1.83. The van der Waals surface area contributed by atoms with Crippen molar-refractivity contribution in [2.24, 2.45) is 0 Å². The maximum absolute atomic E-state index is 11.6. The Kier molecular flexibility index (Phi) is 4.71. The van der Waals surface area contributed by atoms with E-state index in [-0.39, 0.29) is 5.69 Å². The SMILES string of the molecule is CNc1nc(C(NC(=O)OC(C)(C)C)C(=O)O)cs1. The van der Waals surface area contributed by atoms with E-state index < -0.39 is 23.7 Å². The van der Waals surface area contributed by atoms with Gasteiger partial charge in [-0.15, -0.1) is 11.3 Å². The Labute approximate surface area is 115 Å². The maximum Gasteiger partial charge on any atom is 0.408 e. The molecule has 1 heterocycles. The van der Waals surface area contributed by atoms with Gasteiger partial charge in [0.15, 0.2) is 11.2 Å². The van der Waals surface area contributed by atoms with Crippen LogP contribution in [-0.2, 0) is 9.53 Å². The molecule has 7 nitrogen and oxygen atoms in total. The molecule has 1 aromatic heterocycles. The van der Waals surface area contributed by atoms with Gasteiger partial charge in [-0.2, -0.15) is 0 Å². The van der Waals surface area contributed by atoms with Crippen molar-refractivity contribution < 1.29 is 19.4 Å². The van der Waals surface area contributed by atoms with Crippen LogP contribution in [0.4, 0.5) is 9.93 Å². The zero-order valence-electron chi connectivity index (χ0n) is 11.2. The quantitative estimate of drug-likeness (QED) is 0.781. The minimum absolute atomic E-state index is 0.257. The third kappa shape index (κ3) is 4.74. The van der Waals surface area contributed by atoms with Gasteiger partial charge in [-0.3, -0.25) is 0 Å². The Morgan fingerprint density at radius 2 is 2.11 bits per heavy atom. The molecule has 0 saturated carbocycles. The largest absolute Gasteiger partial charge is 0.479 e. The maximum atomic E-state index is 11.6. The first kappa shape index (κ1) is 15.2. The van der Waals surface area contributed by atoms with Crippen LogP contribution in [0.3, 0.4) is 0 Å². The first-order chi connectivity index (χ1) is 8.73. The molecule has 8 heteroatoms.